The van der Waals surface area contributed by atoms with Crippen LogP contribution in [-0.4, -0.2) is 37.4 Å². The van der Waals surface area contributed by atoms with Crippen molar-refractivity contribution in [1.29, 1.82) is 0 Å². The number of aromatic nitrogens is 2. The number of para-hydroxylation sites is 2. The van der Waals surface area contributed by atoms with E-state index < -0.39 is 9.71 Å². The van der Waals surface area contributed by atoms with Gasteiger partial charge < -0.3 is 4.98 Å². The van der Waals surface area contributed by atoms with Gasteiger partial charge in [-0.15, -0.1) is 0 Å². The van der Waals surface area contributed by atoms with Crippen molar-refractivity contribution in [1.82, 2.24) is 14.3 Å². The average molecular weight is 405 g/mol. The van der Waals surface area contributed by atoms with Crippen LogP contribution in [0.5, 0.6) is 0 Å². The number of hydrogen-bond acceptors (Lipinski definition) is 2. The lowest BCUT2D eigenvalue weighted by Gasteiger charge is -2.39. The van der Waals surface area contributed by atoms with E-state index in [0.29, 0.717) is 18.0 Å². The summed E-state index contributed by atoms with van der Waals surface area (Å²) in [6, 6.07) is 21.8. The summed E-state index contributed by atoms with van der Waals surface area (Å²) in [5.74, 6) is 4.92. The third kappa shape index (κ3) is 3.24. The van der Waals surface area contributed by atoms with Gasteiger partial charge in [-0.1, -0.05) is 36.4 Å². The predicted molar refractivity (Wildman–Crippen MR) is 116 cm³/mol. The molecule has 146 valence electrons. The minimum absolute atomic E-state index is 0.225. The molecule has 0 saturated carbocycles. The summed E-state index contributed by atoms with van der Waals surface area (Å²) < 4.78 is 28.4. The highest BCUT2D eigenvalue weighted by Gasteiger charge is 2.35. The van der Waals surface area contributed by atoms with Crippen LogP contribution in [0.15, 0.2) is 77.7 Å². The highest BCUT2D eigenvalue weighted by atomic mass is 32.2. The van der Waals surface area contributed by atoms with Crippen LogP contribution in [0, 0.1) is 5.82 Å². The topological polar surface area (TPSA) is 49.0 Å². The molecule has 1 N–H and O–H groups in total. The highest BCUT2D eigenvalue weighted by molar-refractivity contribution is 7.98. The van der Waals surface area contributed by atoms with Crippen LogP contribution >= 0.6 is 0 Å². The van der Waals surface area contributed by atoms with Crippen molar-refractivity contribution < 1.29 is 8.60 Å². The summed E-state index contributed by atoms with van der Waals surface area (Å²) in [5, 5.41) is 0. The normalized spacial score (nSPS) is 17.1. The fraction of sp³-hybridized carbons (Fsp3) is 0.130. The molecule has 1 aliphatic rings. The zero-order valence-electron chi connectivity index (χ0n) is 15.7. The number of hydrogen-bond donors (Lipinski definition) is 1. The van der Waals surface area contributed by atoms with Crippen molar-refractivity contribution in [2.45, 2.75) is 10.8 Å². The standard InChI is InChI=1S/C23H20FN3OS/c1-29(28,20-12-8-17(9-13-20)16-6-10-19(24)11-7-16)27-14-18(15-27)23-25-21-4-2-3-5-22(21)26-23/h2-13,18H,1,14-15H2,(H,25,26). The summed E-state index contributed by atoms with van der Waals surface area (Å²) >= 11 is 0. The largest absolute Gasteiger partial charge is 0.342 e. The number of fused-ring (bicyclic) bond motifs is 1. The van der Waals surface area contributed by atoms with Gasteiger partial charge in [-0.25, -0.2) is 17.9 Å². The summed E-state index contributed by atoms with van der Waals surface area (Å²) in [5.41, 5.74) is 3.84. The van der Waals surface area contributed by atoms with Gasteiger partial charge in [-0.05, 0) is 53.4 Å². The second-order valence-corrected chi connectivity index (χ2v) is 9.62. The molecule has 2 heterocycles. The number of imidazole rings is 1. The lowest BCUT2D eigenvalue weighted by molar-refractivity contribution is 0.269. The molecule has 0 spiro atoms. The van der Waals surface area contributed by atoms with E-state index in [-0.39, 0.29) is 11.7 Å². The lowest BCUT2D eigenvalue weighted by Crippen LogP contribution is -2.48. The van der Waals surface area contributed by atoms with E-state index >= 15 is 0 Å². The first kappa shape index (κ1) is 18.1. The molecule has 1 aromatic heterocycles. The van der Waals surface area contributed by atoms with Crippen LogP contribution in [0.25, 0.3) is 22.2 Å². The smallest absolute Gasteiger partial charge is 0.123 e. The van der Waals surface area contributed by atoms with Gasteiger partial charge in [0.1, 0.15) is 11.6 Å². The first-order valence-electron chi connectivity index (χ1n) is 9.44. The fourth-order valence-corrected chi connectivity index (χ4v) is 5.37. The molecular formula is C23H20FN3OS. The Labute approximate surface area is 169 Å². The first-order valence-corrected chi connectivity index (χ1v) is 11.1. The number of aromatic amines is 1. The molecule has 1 aliphatic heterocycles. The molecule has 0 amide bonds. The Morgan fingerprint density at radius 1 is 0.966 bits per heavy atom. The molecule has 0 bridgehead atoms. The number of rotatable bonds is 4. The zero-order chi connectivity index (χ0) is 20.0. The van der Waals surface area contributed by atoms with Crippen molar-refractivity contribution in [2.75, 3.05) is 13.1 Å². The molecule has 29 heavy (non-hydrogen) atoms. The Morgan fingerprint density at radius 2 is 1.59 bits per heavy atom. The third-order valence-corrected chi connectivity index (χ3v) is 7.60. The summed E-state index contributed by atoms with van der Waals surface area (Å²) in [7, 11) is -2.55. The molecular weight excluding hydrogens is 385 g/mol. The monoisotopic (exact) mass is 405 g/mol. The maximum absolute atomic E-state index is 13.3. The summed E-state index contributed by atoms with van der Waals surface area (Å²) in [6.07, 6.45) is 0. The second kappa shape index (κ2) is 6.83. The van der Waals surface area contributed by atoms with Gasteiger partial charge in [-0.2, -0.15) is 0 Å². The van der Waals surface area contributed by atoms with Crippen LogP contribution in [0.4, 0.5) is 4.39 Å². The van der Waals surface area contributed by atoms with Gasteiger partial charge >= 0.3 is 0 Å². The van der Waals surface area contributed by atoms with Crippen molar-refractivity contribution in [2.24, 2.45) is 0 Å². The predicted octanol–water partition coefficient (Wildman–Crippen LogP) is 4.46. The Balaban J connectivity index is 1.32. The summed E-state index contributed by atoms with van der Waals surface area (Å²) in [6.45, 7) is 1.31. The quantitative estimate of drug-likeness (QED) is 0.510. The maximum atomic E-state index is 13.3. The van der Waals surface area contributed by atoms with Crippen LogP contribution in [-0.2, 0) is 9.71 Å². The number of nitrogens with zero attached hydrogens (tertiary/aromatic N) is 2. The Kier molecular flexibility index (Phi) is 4.26. The highest BCUT2D eigenvalue weighted by Crippen LogP contribution is 2.32. The summed E-state index contributed by atoms with van der Waals surface area (Å²) in [4.78, 5) is 8.71. The van der Waals surface area contributed by atoms with Crippen molar-refractivity contribution >= 4 is 26.6 Å². The number of benzene rings is 3. The molecule has 5 rings (SSSR count). The van der Waals surface area contributed by atoms with E-state index in [0.717, 1.165) is 28.0 Å². The SMILES string of the molecule is C=S(=O)(c1ccc(-c2ccc(F)cc2)cc1)N1CC(c2nc3ccccc3[nH]2)C1. The van der Waals surface area contributed by atoms with E-state index in [1.165, 1.54) is 12.1 Å². The van der Waals surface area contributed by atoms with Gasteiger partial charge in [0.2, 0.25) is 0 Å². The van der Waals surface area contributed by atoms with Crippen LogP contribution < -0.4 is 0 Å². The first-order chi connectivity index (χ1) is 14.0. The average Bonchev–Trinajstić information content (AvgIpc) is 3.11. The second-order valence-electron chi connectivity index (χ2n) is 7.35. The van der Waals surface area contributed by atoms with Gasteiger partial charge in [0.05, 0.1) is 20.7 Å². The molecule has 3 aromatic carbocycles. The Hall–Kier alpha value is -2.96. The molecule has 0 radical (unpaired) electrons. The van der Waals surface area contributed by atoms with E-state index in [2.05, 4.69) is 15.8 Å². The Morgan fingerprint density at radius 3 is 2.24 bits per heavy atom. The number of nitrogens with one attached hydrogen (secondary N) is 1. The van der Waals surface area contributed by atoms with Gasteiger partial charge in [0.15, 0.2) is 0 Å². The molecule has 6 heteroatoms. The molecule has 4 aromatic rings. The molecule has 0 aliphatic carbocycles. The van der Waals surface area contributed by atoms with Crippen molar-refractivity contribution in [3.63, 3.8) is 0 Å². The zero-order valence-corrected chi connectivity index (χ0v) is 16.5. The van der Waals surface area contributed by atoms with E-state index in [4.69, 9.17) is 0 Å². The number of H-pyrrole nitrogens is 1. The minimum atomic E-state index is -2.55. The molecule has 1 fully saturated rings. The van der Waals surface area contributed by atoms with E-state index in [1.807, 2.05) is 52.8 Å². The molecule has 1 atom stereocenters. The lowest BCUT2D eigenvalue weighted by atomic mass is 10.0. The van der Waals surface area contributed by atoms with Crippen molar-refractivity contribution in [3.05, 3.63) is 84.4 Å². The van der Waals surface area contributed by atoms with Crippen LogP contribution in [0.1, 0.15) is 11.7 Å². The maximum Gasteiger partial charge on any atom is 0.123 e. The van der Waals surface area contributed by atoms with Gasteiger partial charge in [0.25, 0.3) is 0 Å². The van der Waals surface area contributed by atoms with Gasteiger partial charge in [0, 0.05) is 23.9 Å². The molecule has 1 saturated heterocycles. The Bertz CT molecular complexity index is 1240. The third-order valence-electron chi connectivity index (χ3n) is 5.46. The molecule has 1 unspecified atom stereocenters. The fourth-order valence-electron chi connectivity index (χ4n) is 3.67. The van der Waals surface area contributed by atoms with Crippen molar-refractivity contribution in [3.8, 4) is 11.1 Å². The minimum Gasteiger partial charge on any atom is -0.342 e. The van der Waals surface area contributed by atoms with Gasteiger partial charge in [-0.3, -0.25) is 0 Å². The van der Waals surface area contributed by atoms with E-state index in [9.17, 15) is 8.60 Å². The van der Waals surface area contributed by atoms with Crippen LogP contribution in [0.3, 0.4) is 0 Å². The van der Waals surface area contributed by atoms with Crippen LogP contribution in [0.2, 0.25) is 0 Å². The molecule has 4 nitrogen and oxygen atoms in total. The van der Waals surface area contributed by atoms with E-state index in [1.54, 1.807) is 12.1 Å². The number of halogens is 1.